The van der Waals surface area contributed by atoms with E-state index in [2.05, 4.69) is 20.5 Å². The van der Waals surface area contributed by atoms with Crippen LogP contribution in [0.25, 0.3) is 0 Å². The Morgan fingerprint density at radius 1 is 1.24 bits per heavy atom. The molecule has 11 heteroatoms. The lowest BCUT2D eigenvalue weighted by Gasteiger charge is -2.27. The third-order valence-electron chi connectivity index (χ3n) is 4.86. The highest BCUT2D eigenvalue weighted by Gasteiger charge is 2.37. The molecule has 1 unspecified atom stereocenters. The van der Waals surface area contributed by atoms with Gasteiger partial charge in [0.05, 0.1) is 36.0 Å². The van der Waals surface area contributed by atoms with Crippen molar-refractivity contribution in [3.05, 3.63) is 42.5 Å². The van der Waals surface area contributed by atoms with E-state index in [-0.39, 0.29) is 36.0 Å². The molecule has 1 fully saturated rings. The van der Waals surface area contributed by atoms with E-state index in [1.807, 2.05) is 12.1 Å². The Morgan fingerprint density at radius 3 is 2.76 bits per heavy atom. The summed E-state index contributed by atoms with van der Waals surface area (Å²) in [6.45, 7) is 0.539. The number of hydrogen-bond donors (Lipinski definition) is 1. The average molecular weight is 416 g/mol. The maximum atomic E-state index is 12.6. The molecule has 0 aromatic carbocycles. The molecule has 1 N–H and O–H groups in total. The summed E-state index contributed by atoms with van der Waals surface area (Å²) in [4.78, 5) is 28.7. The van der Waals surface area contributed by atoms with E-state index in [1.54, 1.807) is 23.3 Å². The molecule has 0 radical (unpaired) electrons. The van der Waals surface area contributed by atoms with E-state index in [4.69, 9.17) is 0 Å². The normalized spacial score (nSPS) is 21.1. The highest BCUT2D eigenvalue weighted by molar-refractivity contribution is 7.91. The summed E-state index contributed by atoms with van der Waals surface area (Å²) in [5.41, 5.74) is 1.74. The van der Waals surface area contributed by atoms with Gasteiger partial charge in [-0.3, -0.25) is 19.3 Å². The summed E-state index contributed by atoms with van der Waals surface area (Å²) in [5.74, 6) is -0.755. The molecule has 1 atom stereocenters. The lowest BCUT2D eigenvalue weighted by atomic mass is 10.1. The van der Waals surface area contributed by atoms with Crippen LogP contribution in [0.5, 0.6) is 0 Å². The number of hydrazone groups is 1. The number of pyridine rings is 1. The highest BCUT2D eigenvalue weighted by Crippen LogP contribution is 2.22. The van der Waals surface area contributed by atoms with Gasteiger partial charge in [0.2, 0.25) is 5.91 Å². The van der Waals surface area contributed by atoms with Gasteiger partial charge in [-0.1, -0.05) is 0 Å². The first-order valence-corrected chi connectivity index (χ1v) is 11.0. The maximum absolute atomic E-state index is 12.6. The van der Waals surface area contributed by atoms with E-state index in [0.29, 0.717) is 18.7 Å². The number of hydrogen-bond acceptors (Lipinski definition) is 7. The van der Waals surface area contributed by atoms with Gasteiger partial charge < -0.3 is 5.32 Å². The molecule has 0 saturated carbocycles. The van der Waals surface area contributed by atoms with Crippen molar-refractivity contribution < 1.29 is 18.0 Å². The number of rotatable bonds is 5. The van der Waals surface area contributed by atoms with Gasteiger partial charge >= 0.3 is 0 Å². The quantitative estimate of drug-likeness (QED) is 0.753. The van der Waals surface area contributed by atoms with E-state index in [9.17, 15) is 18.0 Å². The summed E-state index contributed by atoms with van der Waals surface area (Å²) < 4.78 is 25.1. The van der Waals surface area contributed by atoms with Crippen LogP contribution in [0.3, 0.4) is 0 Å². The third-order valence-corrected chi connectivity index (χ3v) is 6.61. The van der Waals surface area contributed by atoms with Crippen LogP contribution in [0.1, 0.15) is 24.8 Å². The fourth-order valence-corrected chi connectivity index (χ4v) is 5.07. The number of sulfone groups is 1. The van der Waals surface area contributed by atoms with Crippen molar-refractivity contribution in [2.75, 3.05) is 16.8 Å². The molecule has 152 valence electrons. The smallest absolute Gasteiger partial charge is 0.271 e. The van der Waals surface area contributed by atoms with E-state index >= 15 is 0 Å². The summed E-state index contributed by atoms with van der Waals surface area (Å²) in [5, 5.41) is 12.3. The number of aromatic nitrogens is 3. The second-order valence-electron chi connectivity index (χ2n) is 7.08. The summed E-state index contributed by atoms with van der Waals surface area (Å²) >= 11 is 0. The van der Waals surface area contributed by atoms with Gasteiger partial charge in [0.25, 0.3) is 5.91 Å². The number of carbonyl (C=O) groups excluding carboxylic acids is 2. The van der Waals surface area contributed by atoms with E-state index in [1.165, 1.54) is 11.2 Å². The first-order valence-electron chi connectivity index (χ1n) is 9.22. The average Bonchev–Trinajstić information content (AvgIpc) is 3.28. The molecule has 2 aliphatic rings. The van der Waals surface area contributed by atoms with Gasteiger partial charge in [0, 0.05) is 31.4 Å². The van der Waals surface area contributed by atoms with E-state index < -0.39 is 21.8 Å². The molecule has 4 heterocycles. The number of carbonyl (C=O) groups is 2. The molecule has 0 aliphatic carbocycles. The lowest BCUT2D eigenvalue weighted by Crippen LogP contribution is -2.42. The molecule has 1 saturated heterocycles. The van der Waals surface area contributed by atoms with Crippen molar-refractivity contribution in [3.8, 4) is 0 Å². The van der Waals surface area contributed by atoms with Crippen molar-refractivity contribution in [3.63, 3.8) is 0 Å². The Bertz CT molecular complexity index is 1060. The Balaban J connectivity index is 1.43. The second kappa shape index (κ2) is 7.74. The summed E-state index contributed by atoms with van der Waals surface area (Å²) in [6, 6.07) is 3.26. The van der Waals surface area contributed by atoms with Crippen molar-refractivity contribution in [1.82, 2.24) is 19.8 Å². The topological polar surface area (TPSA) is 127 Å². The first kappa shape index (κ1) is 19.2. The zero-order valence-corrected chi connectivity index (χ0v) is 16.4. The number of nitrogens with zero attached hydrogens (tertiary/aromatic N) is 5. The van der Waals surface area contributed by atoms with Gasteiger partial charge in [0.15, 0.2) is 9.84 Å². The Hall–Kier alpha value is -3.08. The minimum absolute atomic E-state index is 0.0369. The molecular formula is C18H20N6O4S. The van der Waals surface area contributed by atoms with Crippen LogP contribution in [0.15, 0.2) is 42.0 Å². The Morgan fingerprint density at radius 2 is 2.03 bits per heavy atom. The summed E-state index contributed by atoms with van der Waals surface area (Å²) in [7, 11) is -3.16. The zero-order valence-electron chi connectivity index (χ0n) is 15.6. The molecule has 2 aromatic rings. The predicted octanol–water partition coefficient (Wildman–Crippen LogP) is 0.430. The van der Waals surface area contributed by atoms with Crippen molar-refractivity contribution in [2.45, 2.75) is 31.8 Å². The number of anilines is 1. The minimum Gasteiger partial charge on any atom is -0.318 e. The molecule has 2 aliphatic heterocycles. The Labute approximate surface area is 167 Å². The van der Waals surface area contributed by atoms with Crippen LogP contribution in [0, 0.1) is 0 Å². The van der Waals surface area contributed by atoms with Crippen molar-refractivity contribution in [1.29, 1.82) is 0 Å². The molecule has 0 bridgehead atoms. The molecule has 0 spiro atoms. The van der Waals surface area contributed by atoms with Crippen molar-refractivity contribution >= 4 is 33.1 Å². The van der Waals surface area contributed by atoms with Gasteiger partial charge in [0.1, 0.15) is 5.71 Å². The minimum atomic E-state index is -3.16. The molecule has 2 amide bonds. The Kier molecular flexibility index (Phi) is 5.14. The molecule has 10 nitrogen and oxygen atoms in total. The fraction of sp³-hybridized carbons (Fsp3) is 0.389. The SMILES string of the molecule is O=C(Nc1cnn(Cc2ccncc2)c1)C1=NN(C2CCS(=O)(=O)C2)C(=O)CC1. The van der Waals surface area contributed by atoms with Crippen LogP contribution < -0.4 is 5.32 Å². The largest absolute Gasteiger partial charge is 0.318 e. The van der Waals surface area contributed by atoms with Crippen LogP contribution in [-0.2, 0) is 26.0 Å². The zero-order chi connectivity index (χ0) is 20.4. The predicted molar refractivity (Wildman–Crippen MR) is 105 cm³/mol. The van der Waals surface area contributed by atoms with Gasteiger partial charge in [-0.05, 0) is 24.1 Å². The molecular weight excluding hydrogens is 396 g/mol. The lowest BCUT2D eigenvalue weighted by molar-refractivity contribution is -0.133. The standard InChI is InChI=1S/C18H20N6O4S/c25-17-2-1-16(22-24(17)15-5-8-29(27,28)12-15)18(26)21-14-9-20-23(11-14)10-13-3-6-19-7-4-13/h3-4,6-7,9,11,15H,1-2,5,8,10,12H2,(H,21,26). The van der Waals surface area contributed by atoms with Crippen LogP contribution in [-0.4, -0.2) is 63.3 Å². The van der Waals surface area contributed by atoms with Crippen LogP contribution >= 0.6 is 0 Å². The molecule has 4 rings (SSSR count). The van der Waals surface area contributed by atoms with Crippen LogP contribution in [0.4, 0.5) is 5.69 Å². The monoisotopic (exact) mass is 416 g/mol. The van der Waals surface area contributed by atoms with Gasteiger partial charge in [-0.15, -0.1) is 0 Å². The van der Waals surface area contributed by atoms with Crippen LogP contribution in [0.2, 0.25) is 0 Å². The van der Waals surface area contributed by atoms with Crippen molar-refractivity contribution in [2.24, 2.45) is 5.10 Å². The number of amides is 2. The van der Waals surface area contributed by atoms with Gasteiger partial charge in [-0.2, -0.15) is 10.2 Å². The summed E-state index contributed by atoms with van der Waals surface area (Å²) in [6.07, 6.45) is 7.32. The highest BCUT2D eigenvalue weighted by atomic mass is 32.2. The fourth-order valence-electron chi connectivity index (χ4n) is 3.38. The maximum Gasteiger partial charge on any atom is 0.271 e. The third kappa shape index (κ3) is 4.50. The van der Waals surface area contributed by atoms with Gasteiger partial charge in [-0.25, -0.2) is 13.4 Å². The number of nitrogens with one attached hydrogen (secondary N) is 1. The first-order chi connectivity index (χ1) is 13.9. The molecule has 2 aromatic heterocycles. The second-order valence-corrected chi connectivity index (χ2v) is 9.31. The van der Waals surface area contributed by atoms with E-state index in [0.717, 1.165) is 5.56 Å². The molecule has 29 heavy (non-hydrogen) atoms.